The fourth-order valence-corrected chi connectivity index (χ4v) is 4.25. The summed E-state index contributed by atoms with van der Waals surface area (Å²) in [5.74, 6) is -0.122. The topological polar surface area (TPSA) is 96.7 Å². The number of carbonyl (C=O) groups is 1. The second-order valence-electron chi connectivity index (χ2n) is 7.61. The van der Waals surface area contributed by atoms with E-state index < -0.39 is 6.10 Å². The Morgan fingerprint density at radius 1 is 1.34 bits per heavy atom. The van der Waals surface area contributed by atoms with E-state index in [1.165, 1.54) is 10.9 Å². The van der Waals surface area contributed by atoms with E-state index in [4.69, 9.17) is 16.3 Å². The van der Waals surface area contributed by atoms with Crippen molar-refractivity contribution in [3.05, 3.63) is 33.8 Å². The van der Waals surface area contributed by atoms with Gasteiger partial charge in [0, 0.05) is 25.6 Å². The van der Waals surface area contributed by atoms with Crippen LogP contribution < -0.4 is 15.8 Å². The maximum absolute atomic E-state index is 12.9. The van der Waals surface area contributed by atoms with Crippen molar-refractivity contribution in [1.29, 1.82) is 0 Å². The van der Waals surface area contributed by atoms with Crippen LogP contribution in [0.1, 0.15) is 19.3 Å². The fourth-order valence-electron chi connectivity index (χ4n) is 3.97. The van der Waals surface area contributed by atoms with Gasteiger partial charge in [-0.2, -0.15) is 0 Å². The van der Waals surface area contributed by atoms with Crippen molar-refractivity contribution < 1.29 is 14.6 Å². The standard InChI is InChI=1S/C20H25ClN4O4/c21-15-9-14-16(10-18(15)24-4-6-29-7-5-24)23-12-25(20(14)28)11-13(26)8-17-19(27)2-1-3-22-17/h9-10,12,17,19,22,27H,1-8,11H2/t17-,19+/m1/s1. The van der Waals surface area contributed by atoms with Crippen LogP contribution in [0.3, 0.4) is 0 Å². The molecule has 2 aliphatic heterocycles. The molecule has 0 bridgehead atoms. The predicted molar refractivity (Wildman–Crippen MR) is 111 cm³/mol. The minimum Gasteiger partial charge on any atom is -0.391 e. The molecule has 3 heterocycles. The van der Waals surface area contributed by atoms with Gasteiger partial charge in [0.1, 0.15) is 0 Å². The first-order chi connectivity index (χ1) is 14.0. The molecule has 0 unspecified atom stereocenters. The second-order valence-corrected chi connectivity index (χ2v) is 8.02. The summed E-state index contributed by atoms with van der Waals surface area (Å²) in [5.41, 5.74) is 1.09. The van der Waals surface area contributed by atoms with Crippen LogP contribution in [0, 0.1) is 0 Å². The molecule has 4 rings (SSSR count). The first-order valence-corrected chi connectivity index (χ1v) is 10.4. The number of aliphatic hydroxyl groups excluding tert-OH is 1. The zero-order chi connectivity index (χ0) is 20.4. The van der Waals surface area contributed by atoms with Crippen LogP contribution in [0.5, 0.6) is 0 Å². The van der Waals surface area contributed by atoms with E-state index >= 15 is 0 Å². The SMILES string of the molecule is O=C(C[C@H]1NCCC[C@@H]1O)Cn1cnc2cc(N3CCOCC3)c(Cl)cc2c1=O. The third-order valence-electron chi connectivity index (χ3n) is 5.59. The average Bonchev–Trinajstić information content (AvgIpc) is 2.72. The summed E-state index contributed by atoms with van der Waals surface area (Å²) >= 11 is 6.45. The van der Waals surface area contributed by atoms with E-state index in [1.807, 2.05) is 6.07 Å². The number of fused-ring (bicyclic) bond motifs is 1. The highest BCUT2D eigenvalue weighted by Crippen LogP contribution is 2.29. The van der Waals surface area contributed by atoms with Crippen molar-refractivity contribution >= 4 is 34.0 Å². The molecule has 156 valence electrons. The number of ether oxygens (including phenoxy) is 1. The summed E-state index contributed by atoms with van der Waals surface area (Å²) in [6.45, 7) is 3.45. The van der Waals surface area contributed by atoms with Crippen molar-refractivity contribution in [2.24, 2.45) is 0 Å². The van der Waals surface area contributed by atoms with Crippen LogP contribution >= 0.6 is 11.6 Å². The lowest BCUT2D eigenvalue weighted by Gasteiger charge is -2.29. The molecule has 0 saturated carbocycles. The van der Waals surface area contributed by atoms with Gasteiger partial charge in [-0.05, 0) is 31.5 Å². The second kappa shape index (κ2) is 8.79. The van der Waals surface area contributed by atoms with E-state index in [2.05, 4.69) is 15.2 Å². The number of nitrogens with zero attached hydrogens (tertiary/aromatic N) is 3. The minimum atomic E-state index is -0.531. The van der Waals surface area contributed by atoms with E-state index in [0.29, 0.717) is 35.6 Å². The lowest BCUT2D eigenvalue weighted by atomic mass is 9.97. The number of aromatic nitrogens is 2. The van der Waals surface area contributed by atoms with Gasteiger partial charge >= 0.3 is 0 Å². The van der Waals surface area contributed by atoms with Crippen LogP contribution in [0.4, 0.5) is 5.69 Å². The molecule has 1 aromatic heterocycles. The van der Waals surface area contributed by atoms with E-state index in [1.54, 1.807) is 6.07 Å². The molecule has 0 spiro atoms. The maximum Gasteiger partial charge on any atom is 0.261 e. The quantitative estimate of drug-likeness (QED) is 0.743. The van der Waals surface area contributed by atoms with Crippen molar-refractivity contribution in [3.63, 3.8) is 0 Å². The van der Waals surface area contributed by atoms with Gasteiger partial charge in [-0.15, -0.1) is 0 Å². The molecule has 0 aliphatic carbocycles. The smallest absolute Gasteiger partial charge is 0.261 e. The third kappa shape index (κ3) is 4.45. The number of hydrogen-bond acceptors (Lipinski definition) is 7. The highest BCUT2D eigenvalue weighted by Gasteiger charge is 2.25. The molecule has 2 aromatic rings. The highest BCUT2D eigenvalue weighted by atomic mass is 35.5. The molecule has 8 nitrogen and oxygen atoms in total. The molecule has 0 amide bonds. The summed E-state index contributed by atoms with van der Waals surface area (Å²) in [7, 11) is 0. The summed E-state index contributed by atoms with van der Waals surface area (Å²) in [6, 6.07) is 3.19. The zero-order valence-corrected chi connectivity index (χ0v) is 16.9. The number of Topliss-reactive ketones (excluding diaryl/α,β-unsaturated/α-hetero) is 1. The molecule has 9 heteroatoms. The molecule has 2 saturated heterocycles. The number of piperidine rings is 1. The van der Waals surface area contributed by atoms with E-state index in [9.17, 15) is 14.7 Å². The monoisotopic (exact) mass is 420 g/mol. The molecule has 29 heavy (non-hydrogen) atoms. The lowest BCUT2D eigenvalue weighted by Crippen LogP contribution is -2.46. The van der Waals surface area contributed by atoms with Gasteiger partial charge in [0.2, 0.25) is 0 Å². The predicted octanol–water partition coefficient (Wildman–Crippen LogP) is 0.959. The minimum absolute atomic E-state index is 0.0739. The number of halogens is 1. The van der Waals surface area contributed by atoms with E-state index in [0.717, 1.165) is 31.7 Å². The number of hydrogen-bond donors (Lipinski definition) is 2. The van der Waals surface area contributed by atoms with Gasteiger partial charge in [0.05, 0.1) is 53.8 Å². The van der Waals surface area contributed by atoms with Crippen LogP contribution in [0.2, 0.25) is 5.02 Å². The Balaban J connectivity index is 1.54. The van der Waals surface area contributed by atoms with Gasteiger partial charge in [-0.1, -0.05) is 11.6 Å². The van der Waals surface area contributed by atoms with Crippen LogP contribution in [0.15, 0.2) is 23.3 Å². The maximum atomic E-state index is 12.9. The summed E-state index contributed by atoms with van der Waals surface area (Å²) in [6.07, 6.45) is 2.64. The Morgan fingerprint density at radius 2 is 2.14 bits per heavy atom. The Hall–Kier alpha value is -2.00. The molecular formula is C20H25ClN4O4. The van der Waals surface area contributed by atoms with Crippen molar-refractivity contribution in [2.45, 2.75) is 38.0 Å². The number of morpholine rings is 1. The number of anilines is 1. The highest BCUT2D eigenvalue weighted by molar-refractivity contribution is 6.34. The molecule has 2 fully saturated rings. The molecule has 2 atom stereocenters. The number of benzene rings is 1. The third-order valence-corrected chi connectivity index (χ3v) is 5.89. The van der Waals surface area contributed by atoms with Crippen LogP contribution in [0.25, 0.3) is 10.9 Å². The molecule has 0 radical (unpaired) electrons. The molecule has 2 N–H and O–H groups in total. The Kier molecular flexibility index (Phi) is 6.15. The lowest BCUT2D eigenvalue weighted by molar-refractivity contribution is -0.121. The first kappa shape index (κ1) is 20.3. The van der Waals surface area contributed by atoms with Crippen LogP contribution in [-0.4, -0.2) is 65.4 Å². The number of carbonyl (C=O) groups excluding carboxylic acids is 1. The van der Waals surface area contributed by atoms with Crippen molar-refractivity contribution in [2.75, 3.05) is 37.7 Å². The zero-order valence-electron chi connectivity index (χ0n) is 16.1. The first-order valence-electron chi connectivity index (χ1n) is 9.97. The van der Waals surface area contributed by atoms with Gasteiger partial charge in [0.25, 0.3) is 5.56 Å². The summed E-state index contributed by atoms with van der Waals surface area (Å²) in [4.78, 5) is 31.8. The fraction of sp³-hybridized carbons (Fsp3) is 0.550. The Morgan fingerprint density at radius 3 is 2.90 bits per heavy atom. The number of nitrogens with one attached hydrogen (secondary N) is 1. The normalized spacial score (nSPS) is 22.8. The number of rotatable bonds is 5. The number of ketones is 1. The van der Waals surface area contributed by atoms with Crippen molar-refractivity contribution in [3.8, 4) is 0 Å². The summed E-state index contributed by atoms with van der Waals surface area (Å²) < 4.78 is 6.69. The molecule has 1 aromatic carbocycles. The molecular weight excluding hydrogens is 396 g/mol. The van der Waals surface area contributed by atoms with E-state index in [-0.39, 0.29) is 30.3 Å². The van der Waals surface area contributed by atoms with Gasteiger partial charge in [-0.25, -0.2) is 4.98 Å². The number of aliphatic hydroxyl groups is 1. The van der Waals surface area contributed by atoms with Gasteiger partial charge in [0.15, 0.2) is 5.78 Å². The van der Waals surface area contributed by atoms with Gasteiger partial charge in [-0.3, -0.25) is 14.2 Å². The average molecular weight is 421 g/mol. The van der Waals surface area contributed by atoms with Gasteiger partial charge < -0.3 is 20.1 Å². The molecule has 2 aliphatic rings. The Labute approximate surface area is 173 Å². The largest absolute Gasteiger partial charge is 0.391 e. The van der Waals surface area contributed by atoms with Crippen molar-refractivity contribution in [1.82, 2.24) is 14.9 Å². The van der Waals surface area contributed by atoms with Crippen LogP contribution in [-0.2, 0) is 16.1 Å². The summed E-state index contributed by atoms with van der Waals surface area (Å²) in [5, 5.41) is 14.1. The Bertz CT molecular complexity index is 957.